The molecule has 0 saturated carbocycles. The van der Waals surface area contributed by atoms with Gasteiger partial charge in [-0.15, -0.1) is 0 Å². The van der Waals surface area contributed by atoms with Crippen LogP contribution in [0.2, 0.25) is 0 Å². The van der Waals surface area contributed by atoms with Gasteiger partial charge in [0.15, 0.2) is 0 Å². The van der Waals surface area contributed by atoms with Crippen molar-refractivity contribution in [3.8, 4) is 11.6 Å². The van der Waals surface area contributed by atoms with E-state index < -0.39 is 0 Å². The van der Waals surface area contributed by atoms with Crippen LogP contribution in [0.1, 0.15) is 11.3 Å². The Morgan fingerprint density at radius 2 is 1.94 bits per heavy atom. The zero-order valence-corrected chi connectivity index (χ0v) is 9.70. The van der Waals surface area contributed by atoms with Crippen molar-refractivity contribution in [3.05, 3.63) is 47.4 Å². The first-order valence-electron chi connectivity index (χ1n) is 5.23. The van der Waals surface area contributed by atoms with Gasteiger partial charge in [0.25, 0.3) is 0 Å². The fourth-order valence-electron chi connectivity index (χ4n) is 1.37. The second kappa shape index (κ2) is 4.41. The summed E-state index contributed by atoms with van der Waals surface area (Å²) in [6.07, 6.45) is 0. The fourth-order valence-corrected chi connectivity index (χ4v) is 1.37. The number of aromatic nitrogens is 1. The van der Waals surface area contributed by atoms with Crippen LogP contribution >= 0.6 is 0 Å². The molecule has 0 fully saturated rings. The van der Waals surface area contributed by atoms with Gasteiger partial charge in [-0.3, -0.25) is 0 Å². The van der Waals surface area contributed by atoms with E-state index in [9.17, 15) is 4.39 Å². The maximum absolute atomic E-state index is 13.3. The highest BCUT2D eigenvalue weighted by Gasteiger charge is 2.06. The van der Waals surface area contributed by atoms with Crippen molar-refractivity contribution in [3.63, 3.8) is 0 Å². The Labute approximate surface area is 99.1 Å². The minimum atomic E-state index is -0.311. The van der Waals surface area contributed by atoms with Gasteiger partial charge >= 0.3 is 0 Å². The summed E-state index contributed by atoms with van der Waals surface area (Å²) in [5, 5.41) is 0. The second-order valence-electron chi connectivity index (χ2n) is 3.86. The number of aryl methyl sites for hydroxylation is 2. The van der Waals surface area contributed by atoms with E-state index in [4.69, 9.17) is 10.5 Å². The van der Waals surface area contributed by atoms with Crippen LogP contribution in [0.15, 0.2) is 30.3 Å². The molecule has 1 aromatic carbocycles. The minimum Gasteiger partial charge on any atom is -0.437 e. The van der Waals surface area contributed by atoms with E-state index in [0.29, 0.717) is 22.9 Å². The van der Waals surface area contributed by atoms with Gasteiger partial charge in [-0.2, -0.15) is 0 Å². The van der Waals surface area contributed by atoms with Crippen LogP contribution in [0.3, 0.4) is 0 Å². The number of hydrogen-bond acceptors (Lipinski definition) is 3. The smallest absolute Gasteiger partial charge is 0.242 e. The van der Waals surface area contributed by atoms with E-state index in [1.807, 2.05) is 6.92 Å². The third-order valence-corrected chi connectivity index (χ3v) is 2.39. The monoisotopic (exact) mass is 232 g/mol. The topological polar surface area (TPSA) is 48.1 Å². The van der Waals surface area contributed by atoms with Crippen LogP contribution in [-0.2, 0) is 0 Å². The highest BCUT2D eigenvalue weighted by atomic mass is 19.1. The Bertz CT molecular complexity index is 555. The van der Waals surface area contributed by atoms with Crippen molar-refractivity contribution < 1.29 is 9.13 Å². The van der Waals surface area contributed by atoms with Crippen LogP contribution in [0.25, 0.3) is 0 Å². The molecule has 0 unspecified atom stereocenters. The predicted octanol–water partition coefficient (Wildman–Crippen LogP) is 3.21. The van der Waals surface area contributed by atoms with Crippen molar-refractivity contribution in [2.75, 3.05) is 5.73 Å². The highest BCUT2D eigenvalue weighted by Crippen LogP contribution is 2.26. The molecule has 2 N–H and O–H groups in total. The number of nitrogen functional groups attached to an aromatic ring is 1. The first-order chi connectivity index (χ1) is 8.06. The molecular weight excluding hydrogens is 219 g/mol. The van der Waals surface area contributed by atoms with Gasteiger partial charge in [-0.25, -0.2) is 9.37 Å². The summed E-state index contributed by atoms with van der Waals surface area (Å²) >= 11 is 0. The molecule has 3 nitrogen and oxygen atoms in total. The number of nitrogens with zero attached hydrogens (tertiary/aromatic N) is 1. The van der Waals surface area contributed by atoms with Gasteiger partial charge in [-0.05, 0) is 37.6 Å². The number of pyridine rings is 1. The standard InChI is InChI=1S/C13H13FN2O/c1-8-3-5-10(7-11(8)14)17-13-12(15)6-4-9(2)16-13/h3-7H,15H2,1-2H3. The Hall–Kier alpha value is -2.10. The van der Waals surface area contributed by atoms with Crippen molar-refractivity contribution >= 4 is 5.69 Å². The van der Waals surface area contributed by atoms with Gasteiger partial charge in [0.1, 0.15) is 11.6 Å². The molecule has 0 atom stereocenters. The maximum Gasteiger partial charge on any atom is 0.242 e. The van der Waals surface area contributed by atoms with Crippen LogP contribution < -0.4 is 10.5 Å². The average Bonchev–Trinajstić information content (AvgIpc) is 2.29. The lowest BCUT2D eigenvalue weighted by Crippen LogP contribution is -1.96. The summed E-state index contributed by atoms with van der Waals surface area (Å²) in [4.78, 5) is 4.15. The number of ether oxygens (including phenoxy) is 1. The molecule has 0 aliphatic carbocycles. The summed E-state index contributed by atoms with van der Waals surface area (Å²) < 4.78 is 18.8. The number of hydrogen-bond donors (Lipinski definition) is 1. The molecule has 0 aliphatic rings. The van der Waals surface area contributed by atoms with Crippen molar-refractivity contribution in [1.29, 1.82) is 0 Å². The van der Waals surface area contributed by atoms with Crippen LogP contribution in [0, 0.1) is 19.7 Å². The predicted molar refractivity (Wildman–Crippen MR) is 64.6 cm³/mol. The Balaban J connectivity index is 2.31. The van der Waals surface area contributed by atoms with E-state index in [1.54, 1.807) is 31.2 Å². The number of rotatable bonds is 2. The molecule has 2 aromatic rings. The normalized spacial score (nSPS) is 10.3. The zero-order valence-electron chi connectivity index (χ0n) is 9.70. The SMILES string of the molecule is Cc1ccc(N)c(Oc2ccc(C)c(F)c2)n1. The molecule has 2 rings (SSSR count). The first-order valence-corrected chi connectivity index (χ1v) is 5.23. The molecule has 0 amide bonds. The largest absolute Gasteiger partial charge is 0.437 e. The zero-order chi connectivity index (χ0) is 12.4. The molecular formula is C13H13FN2O. The fraction of sp³-hybridized carbons (Fsp3) is 0.154. The van der Waals surface area contributed by atoms with Gasteiger partial charge < -0.3 is 10.5 Å². The van der Waals surface area contributed by atoms with Crippen LogP contribution in [-0.4, -0.2) is 4.98 Å². The molecule has 88 valence electrons. The summed E-state index contributed by atoms with van der Waals surface area (Å²) in [6, 6.07) is 8.15. The lowest BCUT2D eigenvalue weighted by Gasteiger charge is -2.08. The molecule has 0 saturated heterocycles. The van der Waals surface area contributed by atoms with Crippen molar-refractivity contribution in [2.24, 2.45) is 0 Å². The highest BCUT2D eigenvalue weighted by molar-refractivity contribution is 5.50. The third kappa shape index (κ3) is 2.53. The van der Waals surface area contributed by atoms with Gasteiger partial charge in [0.2, 0.25) is 5.88 Å². The van der Waals surface area contributed by atoms with E-state index in [-0.39, 0.29) is 5.82 Å². The van der Waals surface area contributed by atoms with E-state index in [2.05, 4.69) is 4.98 Å². The summed E-state index contributed by atoms with van der Waals surface area (Å²) in [7, 11) is 0. The van der Waals surface area contributed by atoms with Crippen LogP contribution in [0.5, 0.6) is 11.6 Å². The molecule has 0 radical (unpaired) electrons. The summed E-state index contributed by atoms with van der Waals surface area (Å²) in [5.41, 5.74) is 7.52. The van der Waals surface area contributed by atoms with Crippen molar-refractivity contribution in [2.45, 2.75) is 13.8 Å². The number of benzene rings is 1. The minimum absolute atomic E-state index is 0.299. The lowest BCUT2D eigenvalue weighted by molar-refractivity contribution is 0.459. The number of halogens is 1. The molecule has 1 heterocycles. The quantitative estimate of drug-likeness (QED) is 0.864. The first kappa shape index (κ1) is 11.4. The van der Waals surface area contributed by atoms with Crippen LogP contribution in [0.4, 0.5) is 10.1 Å². The second-order valence-corrected chi connectivity index (χ2v) is 3.86. The Kier molecular flexibility index (Phi) is 2.95. The average molecular weight is 232 g/mol. The summed E-state index contributed by atoms with van der Waals surface area (Å²) in [5.74, 6) is 0.375. The van der Waals surface area contributed by atoms with Gasteiger partial charge in [0.05, 0.1) is 5.69 Å². The third-order valence-electron chi connectivity index (χ3n) is 2.39. The lowest BCUT2D eigenvalue weighted by atomic mass is 10.2. The van der Waals surface area contributed by atoms with E-state index in [1.165, 1.54) is 6.07 Å². The van der Waals surface area contributed by atoms with Gasteiger partial charge in [-0.1, -0.05) is 6.07 Å². The maximum atomic E-state index is 13.3. The molecule has 1 aromatic heterocycles. The van der Waals surface area contributed by atoms with E-state index >= 15 is 0 Å². The molecule has 4 heteroatoms. The Morgan fingerprint density at radius 1 is 1.18 bits per heavy atom. The number of nitrogens with two attached hydrogens (primary N) is 1. The summed E-state index contributed by atoms with van der Waals surface area (Å²) in [6.45, 7) is 3.53. The molecule has 17 heavy (non-hydrogen) atoms. The molecule has 0 spiro atoms. The van der Waals surface area contributed by atoms with E-state index in [0.717, 1.165) is 5.69 Å². The molecule has 0 aliphatic heterocycles. The molecule has 0 bridgehead atoms. The number of anilines is 1. The Morgan fingerprint density at radius 3 is 2.65 bits per heavy atom. The van der Waals surface area contributed by atoms with Crippen molar-refractivity contribution in [1.82, 2.24) is 4.98 Å². The van der Waals surface area contributed by atoms with Gasteiger partial charge in [0, 0.05) is 11.8 Å².